The van der Waals surface area contributed by atoms with Crippen molar-refractivity contribution in [2.24, 2.45) is 21.7 Å². The van der Waals surface area contributed by atoms with E-state index < -0.39 is 23.0 Å². The minimum atomic E-state index is -1.63. The molecule has 4 N–H and O–H groups in total. The minimum Gasteiger partial charge on any atom is -0.496 e. The van der Waals surface area contributed by atoms with Gasteiger partial charge in [-0.05, 0) is 0 Å². The number of rotatable bonds is 3. The van der Waals surface area contributed by atoms with Gasteiger partial charge in [0.05, 0.1) is 18.9 Å². The molecule has 1 aromatic carbocycles. The quantitative estimate of drug-likeness (QED) is 0.356. The second-order valence-corrected chi connectivity index (χ2v) is 2.87. The number of halogens is 3. The SMILES string of the molecule is COc1cc(F)c(F)c(F)c1C=NN=C(N)N. The third kappa shape index (κ3) is 2.86. The first-order chi connectivity index (χ1) is 7.97. The lowest BCUT2D eigenvalue weighted by Gasteiger charge is -2.06. The molecule has 0 saturated carbocycles. The molecule has 17 heavy (non-hydrogen) atoms. The summed E-state index contributed by atoms with van der Waals surface area (Å²) in [5.41, 5.74) is 9.56. The van der Waals surface area contributed by atoms with Crippen LogP contribution >= 0.6 is 0 Å². The van der Waals surface area contributed by atoms with Crippen LogP contribution in [0, 0.1) is 17.5 Å². The molecule has 1 aromatic rings. The summed E-state index contributed by atoms with van der Waals surface area (Å²) >= 11 is 0. The third-order valence-electron chi connectivity index (χ3n) is 1.74. The number of guanidine groups is 1. The first-order valence-corrected chi connectivity index (χ1v) is 4.30. The topological polar surface area (TPSA) is 86.0 Å². The fourth-order valence-electron chi connectivity index (χ4n) is 1.03. The standard InChI is InChI=1S/C9H9F3N4O/c1-17-6-2-5(10)8(12)7(11)4(6)3-15-16-9(13)14/h2-3H,1H3,(H4,13,14,16). The lowest BCUT2D eigenvalue weighted by atomic mass is 10.2. The van der Waals surface area contributed by atoms with Crippen molar-refractivity contribution < 1.29 is 17.9 Å². The van der Waals surface area contributed by atoms with E-state index in [4.69, 9.17) is 11.5 Å². The van der Waals surface area contributed by atoms with E-state index >= 15 is 0 Å². The fraction of sp³-hybridized carbons (Fsp3) is 0.111. The summed E-state index contributed by atoms with van der Waals surface area (Å²) in [6, 6.07) is 0.690. The maximum absolute atomic E-state index is 13.3. The maximum atomic E-state index is 13.3. The highest BCUT2D eigenvalue weighted by Gasteiger charge is 2.17. The Bertz CT molecular complexity index is 484. The highest BCUT2D eigenvalue weighted by molar-refractivity contribution is 5.85. The molecule has 0 unspecified atom stereocenters. The van der Waals surface area contributed by atoms with Crippen molar-refractivity contribution in [2.45, 2.75) is 0 Å². The molecule has 0 heterocycles. The summed E-state index contributed by atoms with van der Waals surface area (Å²) in [4.78, 5) is 0. The van der Waals surface area contributed by atoms with E-state index in [0.717, 1.165) is 6.21 Å². The Balaban J connectivity index is 3.27. The van der Waals surface area contributed by atoms with Crippen LogP contribution in [0.1, 0.15) is 5.56 Å². The first kappa shape index (κ1) is 12.8. The van der Waals surface area contributed by atoms with Crippen LogP contribution in [0.5, 0.6) is 5.75 Å². The largest absolute Gasteiger partial charge is 0.496 e. The van der Waals surface area contributed by atoms with Gasteiger partial charge in [0, 0.05) is 6.07 Å². The van der Waals surface area contributed by atoms with Crippen molar-refractivity contribution >= 4 is 12.2 Å². The van der Waals surface area contributed by atoms with Gasteiger partial charge in [0.15, 0.2) is 17.5 Å². The highest BCUT2D eigenvalue weighted by Crippen LogP contribution is 2.24. The van der Waals surface area contributed by atoms with Crippen LogP contribution in [0.4, 0.5) is 13.2 Å². The van der Waals surface area contributed by atoms with E-state index in [-0.39, 0.29) is 11.7 Å². The Labute approximate surface area is 94.6 Å². The number of ether oxygens (including phenoxy) is 1. The van der Waals surface area contributed by atoms with Crippen LogP contribution < -0.4 is 16.2 Å². The second-order valence-electron chi connectivity index (χ2n) is 2.87. The summed E-state index contributed by atoms with van der Waals surface area (Å²) in [5.74, 6) is -5.01. The van der Waals surface area contributed by atoms with E-state index in [0.29, 0.717) is 6.07 Å². The first-order valence-electron chi connectivity index (χ1n) is 4.30. The van der Waals surface area contributed by atoms with Crippen LogP contribution in [0.2, 0.25) is 0 Å². The van der Waals surface area contributed by atoms with E-state index in [1.54, 1.807) is 0 Å². The van der Waals surface area contributed by atoms with Gasteiger partial charge in [0.2, 0.25) is 5.96 Å². The summed E-state index contributed by atoms with van der Waals surface area (Å²) in [5, 5.41) is 6.48. The van der Waals surface area contributed by atoms with Gasteiger partial charge in [0.1, 0.15) is 5.75 Å². The highest BCUT2D eigenvalue weighted by atomic mass is 19.2. The smallest absolute Gasteiger partial charge is 0.211 e. The van der Waals surface area contributed by atoms with Crippen LogP contribution in [0.15, 0.2) is 16.3 Å². The van der Waals surface area contributed by atoms with Crippen molar-refractivity contribution in [3.8, 4) is 5.75 Å². The monoisotopic (exact) mass is 246 g/mol. The molecule has 0 bridgehead atoms. The van der Waals surface area contributed by atoms with Crippen molar-refractivity contribution in [3.63, 3.8) is 0 Å². The molecule has 5 nitrogen and oxygen atoms in total. The summed E-state index contributed by atoms with van der Waals surface area (Å²) in [6.07, 6.45) is 0.816. The average Bonchev–Trinajstić information content (AvgIpc) is 2.28. The van der Waals surface area contributed by atoms with E-state index in [1.807, 2.05) is 0 Å². The van der Waals surface area contributed by atoms with Crippen molar-refractivity contribution in [2.75, 3.05) is 7.11 Å². The molecule has 0 aliphatic carbocycles. The fourth-order valence-corrected chi connectivity index (χ4v) is 1.03. The van der Waals surface area contributed by atoms with Gasteiger partial charge in [-0.15, -0.1) is 5.10 Å². The molecule has 0 spiro atoms. The Hall–Kier alpha value is -2.25. The van der Waals surface area contributed by atoms with Gasteiger partial charge in [-0.3, -0.25) is 0 Å². The van der Waals surface area contributed by atoms with Gasteiger partial charge >= 0.3 is 0 Å². The Morgan fingerprint density at radius 3 is 2.47 bits per heavy atom. The van der Waals surface area contributed by atoms with Gasteiger partial charge < -0.3 is 16.2 Å². The van der Waals surface area contributed by atoms with E-state index in [1.165, 1.54) is 7.11 Å². The molecule has 0 atom stereocenters. The number of hydrogen-bond donors (Lipinski definition) is 2. The van der Waals surface area contributed by atoms with Gasteiger partial charge in [-0.25, -0.2) is 13.2 Å². The molecule has 8 heteroatoms. The van der Waals surface area contributed by atoms with Crippen LogP contribution in [-0.2, 0) is 0 Å². The predicted octanol–water partition coefficient (Wildman–Crippen LogP) is 0.720. The van der Waals surface area contributed by atoms with E-state index in [2.05, 4.69) is 14.9 Å². The Morgan fingerprint density at radius 1 is 1.29 bits per heavy atom. The molecule has 0 amide bonds. The zero-order chi connectivity index (χ0) is 13.0. The number of benzene rings is 1. The van der Waals surface area contributed by atoms with Crippen molar-refractivity contribution in [1.29, 1.82) is 0 Å². The molecule has 0 aliphatic heterocycles. The lowest BCUT2D eigenvalue weighted by Crippen LogP contribution is -2.21. The second kappa shape index (κ2) is 5.19. The van der Waals surface area contributed by atoms with Crippen LogP contribution in [0.3, 0.4) is 0 Å². The molecule has 92 valence electrons. The number of methoxy groups -OCH3 is 1. The Morgan fingerprint density at radius 2 is 1.94 bits per heavy atom. The molecular weight excluding hydrogens is 237 g/mol. The minimum absolute atomic E-state index is 0.226. The number of nitrogens with two attached hydrogens (primary N) is 2. The molecule has 0 aromatic heterocycles. The molecule has 0 saturated heterocycles. The molecular formula is C9H9F3N4O. The van der Waals surface area contributed by atoms with Crippen LogP contribution in [-0.4, -0.2) is 19.3 Å². The lowest BCUT2D eigenvalue weighted by molar-refractivity contribution is 0.390. The average molecular weight is 246 g/mol. The molecule has 0 aliphatic rings. The summed E-state index contributed by atoms with van der Waals surface area (Å²) in [6.45, 7) is 0. The third-order valence-corrected chi connectivity index (χ3v) is 1.74. The number of hydrogen-bond acceptors (Lipinski definition) is 3. The summed E-state index contributed by atoms with van der Waals surface area (Å²) < 4.78 is 43.8. The zero-order valence-corrected chi connectivity index (χ0v) is 8.75. The van der Waals surface area contributed by atoms with Crippen molar-refractivity contribution in [1.82, 2.24) is 0 Å². The van der Waals surface area contributed by atoms with Gasteiger partial charge in [-0.1, -0.05) is 0 Å². The van der Waals surface area contributed by atoms with Crippen molar-refractivity contribution in [3.05, 3.63) is 29.1 Å². The predicted molar refractivity (Wildman–Crippen MR) is 56.3 cm³/mol. The zero-order valence-electron chi connectivity index (χ0n) is 8.75. The maximum Gasteiger partial charge on any atom is 0.211 e. The van der Waals surface area contributed by atoms with Gasteiger partial charge in [-0.2, -0.15) is 5.10 Å². The molecule has 0 fully saturated rings. The number of nitrogens with zero attached hydrogens (tertiary/aromatic N) is 2. The van der Waals surface area contributed by atoms with E-state index in [9.17, 15) is 13.2 Å². The Kier molecular flexibility index (Phi) is 3.91. The van der Waals surface area contributed by atoms with Crippen LogP contribution in [0.25, 0.3) is 0 Å². The van der Waals surface area contributed by atoms with Gasteiger partial charge in [0.25, 0.3) is 0 Å². The molecule has 0 radical (unpaired) electrons. The molecule has 1 rings (SSSR count). The summed E-state index contributed by atoms with van der Waals surface area (Å²) in [7, 11) is 1.17. The normalized spacial score (nSPS) is 10.6.